The SMILES string of the molecule is COC(=O)Nc1ccc(CNC(=O)c2cc(S(=O)(=O)N3CCCC3)c(C)o2)cc1. The van der Waals surface area contributed by atoms with Crippen molar-refractivity contribution in [3.8, 4) is 0 Å². The van der Waals surface area contributed by atoms with Crippen LogP contribution in [0.1, 0.15) is 34.7 Å². The van der Waals surface area contributed by atoms with Gasteiger partial charge in [0.25, 0.3) is 5.91 Å². The van der Waals surface area contributed by atoms with Gasteiger partial charge >= 0.3 is 6.09 Å². The van der Waals surface area contributed by atoms with Gasteiger partial charge in [-0.2, -0.15) is 4.31 Å². The van der Waals surface area contributed by atoms with Crippen molar-refractivity contribution in [1.82, 2.24) is 9.62 Å². The lowest BCUT2D eigenvalue weighted by molar-refractivity contribution is 0.0922. The van der Waals surface area contributed by atoms with Crippen molar-refractivity contribution in [3.63, 3.8) is 0 Å². The molecule has 1 aromatic heterocycles. The number of aryl methyl sites for hydroxylation is 1. The first-order chi connectivity index (χ1) is 13.8. The van der Waals surface area contributed by atoms with Crippen LogP contribution in [0.3, 0.4) is 0 Å². The fraction of sp³-hybridized carbons (Fsp3) is 0.368. The van der Waals surface area contributed by atoms with Gasteiger partial charge in [0.15, 0.2) is 5.76 Å². The summed E-state index contributed by atoms with van der Waals surface area (Å²) in [7, 11) is -2.38. The highest BCUT2D eigenvalue weighted by molar-refractivity contribution is 7.89. The zero-order valence-corrected chi connectivity index (χ0v) is 17.0. The minimum atomic E-state index is -3.65. The molecule has 0 saturated carbocycles. The van der Waals surface area contributed by atoms with E-state index in [9.17, 15) is 18.0 Å². The second-order valence-electron chi connectivity index (χ2n) is 6.64. The predicted molar refractivity (Wildman–Crippen MR) is 105 cm³/mol. The molecule has 0 radical (unpaired) electrons. The van der Waals surface area contributed by atoms with Crippen molar-refractivity contribution < 1.29 is 27.2 Å². The number of anilines is 1. The Balaban J connectivity index is 1.63. The number of nitrogens with zero attached hydrogens (tertiary/aromatic N) is 1. The predicted octanol–water partition coefficient (Wildman–Crippen LogP) is 2.48. The Kier molecular flexibility index (Phi) is 6.23. The van der Waals surface area contributed by atoms with Gasteiger partial charge in [0.2, 0.25) is 10.0 Å². The summed E-state index contributed by atoms with van der Waals surface area (Å²) < 4.78 is 36.7. The van der Waals surface area contributed by atoms with E-state index in [1.807, 2.05) is 0 Å². The summed E-state index contributed by atoms with van der Waals surface area (Å²) in [4.78, 5) is 23.6. The van der Waals surface area contributed by atoms with Crippen LogP contribution in [0.5, 0.6) is 0 Å². The topological polar surface area (TPSA) is 118 Å². The zero-order chi connectivity index (χ0) is 21.0. The summed E-state index contributed by atoms with van der Waals surface area (Å²) >= 11 is 0. The molecular weight excluding hydrogens is 398 g/mol. The van der Waals surface area contributed by atoms with Crippen LogP contribution >= 0.6 is 0 Å². The molecule has 0 atom stereocenters. The number of furan rings is 1. The van der Waals surface area contributed by atoms with E-state index in [4.69, 9.17) is 4.42 Å². The van der Waals surface area contributed by atoms with E-state index in [2.05, 4.69) is 15.4 Å². The fourth-order valence-electron chi connectivity index (χ4n) is 3.05. The van der Waals surface area contributed by atoms with Crippen molar-refractivity contribution in [3.05, 3.63) is 47.4 Å². The Morgan fingerprint density at radius 1 is 1.17 bits per heavy atom. The number of ether oxygens (including phenoxy) is 1. The minimum Gasteiger partial charge on any atom is -0.455 e. The van der Waals surface area contributed by atoms with E-state index in [0.717, 1.165) is 18.4 Å². The molecule has 29 heavy (non-hydrogen) atoms. The number of sulfonamides is 1. The maximum atomic E-state index is 12.7. The van der Waals surface area contributed by atoms with Crippen LogP contribution in [0.25, 0.3) is 0 Å². The van der Waals surface area contributed by atoms with Crippen molar-refractivity contribution in [2.75, 3.05) is 25.5 Å². The lowest BCUT2D eigenvalue weighted by Gasteiger charge is -2.14. The van der Waals surface area contributed by atoms with Crippen LogP contribution in [-0.2, 0) is 21.3 Å². The Morgan fingerprint density at radius 3 is 2.45 bits per heavy atom. The Morgan fingerprint density at radius 2 is 1.83 bits per heavy atom. The highest BCUT2D eigenvalue weighted by Gasteiger charge is 2.31. The number of carbonyl (C=O) groups excluding carboxylic acids is 2. The first kappa shape index (κ1) is 20.9. The number of amides is 2. The standard InChI is InChI=1S/C19H23N3O6S/c1-13-17(29(25,26)22-9-3-4-10-22)11-16(28-13)18(23)20-12-14-5-7-15(8-6-14)21-19(24)27-2/h5-8,11H,3-4,9-10,12H2,1-2H3,(H,20,23)(H,21,24). The van der Waals surface area contributed by atoms with E-state index in [1.54, 1.807) is 24.3 Å². The van der Waals surface area contributed by atoms with Crippen LogP contribution < -0.4 is 10.6 Å². The number of carbonyl (C=O) groups is 2. The highest BCUT2D eigenvalue weighted by Crippen LogP contribution is 2.26. The summed E-state index contributed by atoms with van der Waals surface area (Å²) in [6.07, 6.45) is 1.09. The average molecular weight is 421 g/mol. The zero-order valence-electron chi connectivity index (χ0n) is 16.2. The van der Waals surface area contributed by atoms with Crippen LogP contribution in [0.2, 0.25) is 0 Å². The minimum absolute atomic E-state index is 0.0304. The first-order valence-corrected chi connectivity index (χ1v) is 10.6. The van der Waals surface area contributed by atoms with Crippen LogP contribution in [0, 0.1) is 6.92 Å². The molecule has 2 N–H and O–H groups in total. The Hall–Kier alpha value is -2.85. The summed E-state index contributed by atoms with van der Waals surface area (Å²) in [5, 5.41) is 5.23. The van der Waals surface area contributed by atoms with E-state index >= 15 is 0 Å². The Labute approximate surface area is 169 Å². The van der Waals surface area contributed by atoms with Crippen LogP contribution in [0.15, 0.2) is 39.6 Å². The number of rotatable bonds is 6. The number of hydrogen-bond acceptors (Lipinski definition) is 6. The molecule has 3 rings (SSSR count). The molecule has 1 aliphatic heterocycles. The average Bonchev–Trinajstić information content (AvgIpc) is 3.37. The molecule has 2 heterocycles. The summed E-state index contributed by atoms with van der Waals surface area (Å²) in [6.45, 7) is 2.71. The van der Waals surface area contributed by atoms with Gasteiger partial charge in [-0.15, -0.1) is 0 Å². The highest BCUT2D eigenvalue weighted by atomic mass is 32.2. The molecule has 2 amide bonds. The first-order valence-electron chi connectivity index (χ1n) is 9.14. The van der Waals surface area contributed by atoms with Gasteiger partial charge in [0, 0.05) is 31.4 Å². The number of methoxy groups -OCH3 is 1. The molecule has 1 aliphatic rings. The smallest absolute Gasteiger partial charge is 0.411 e. The van der Waals surface area contributed by atoms with E-state index in [0.29, 0.717) is 18.8 Å². The van der Waals surface area contributed by atoms with Crippen LogP contribution in [-0.4, -0.2) is 44.9 Å². The summed E-state index contributed by atoms with van der Waals surface area (Å²) in [6, 6.07) is 8.11. The summed E-state index contributed by atoms with van der Waals surface area (Å²) in [5.41, 5.74) is 1.35. The van der Waals surface area contributed by atoms with E-state index in [-0.39, 0.29) is 23.0 Å². The molecule has 2 aromatic rings. The number of hydrogen-bond donors (Lipinski definition) is 2. The molecule has 9 nitrogen and oxygen atoms in total. The van der Waals surface area contributed by atoms with Gasteiger partial charge < -0.3 is 14.5 Å². The van der Waals surface area contributed by atoms with Gasteiger partial charge in [-0.3, -0.25) is 10.1 Å². The molecule has 1 saturated heterocycles. The third kappa shape index (κ3) is 4.77. The number of nitrogens with one attached hydrogen (secondary N) is 2. The molecule has 0 spiro atoms. The second kappa shape index (κ2) is 8.66. The second-order valence-corrected chi connectivity index (χ2v) is 8.54. The molecular formula is C19H23N3O6S. The van der Waals surface area contributed by atoms with Gasteiger partial charge in [-0.25, -0.2) is 13.2 Å². The van der Waals surface area contributed by atoms with E-state index < -0.39 is 22.0 Å². The summed E-state index contributed by atoms with van der Waals surface area (Å²) in [5.74, 6) is -0.364. The van der Waals surface area contributed by atoms with Crippen molar-refractivity contribution in [2.24, 2.45) is 0 Å². The number of benzene rings is 1. The van der Waals surface area contributed by atoms with Crippen molar-refractivity contribution in [1.29, 1.82) is 0 Å². The van der Waals surface area contributed by atoms with E-state index in [1.165, 1.54) is 24.4 Å². The molecule has 10 heteroatoms. The maximum Gasteiger partial charge on any atom is 0.411 e. The largest absolute Gasteiger partial charge is 0.455 e. The lowest BCUT2D eigenvalue weighted by atomic mass is 10.2. The third-order valence-corrected chi connectivity index (χ3v) is 6.62. The molecule has 1 fully saturated rings. The normalized spacial score (nSPS) is 14.6. The Bertz CT molecular complexity index is 991. The van der Waals surface area contributed by atoms with Gasteiger partial charge in [-0.1, -0.05) is 12.1 Å². The lowest BCUT2D eigenvalue weighted by Crippen LogP contribution is -2.28. The molecule has 156 valence electrons. The molecule has 0 aliphatic carbocycles. The molecule has 1 aromatic carbocycles. The van der Waals surface area contributed by atoms with Crippen molar-refractivity contribution in [2.45, 2.75) is 31.2 Å². The third-order valence-electron chi connectivity index (χ3n) is 4.62. The van der Waals surface area contributed by atoms with Crippen LogP contribution in [0.4, 0.5) is 10.5 Å². The van der Waals surface area contributed by atoms with Gasteiger partial charge in [-0.05, 0) is 37.5 Å². The van der Waals surface area contributed by atoms with Crippen molar-refractivity contribution >= 4 is 27.7 Å². The fourth-order valence-corrected chi connectivity index (χ4v) is 4.72. The monoisotopic (exact) mass is 421 g/mol. The quantitative estimate of drug-likeness (QED) is 0.740. The molecule has 0 unspecified atom stereocenters. The van der Waals surface area contributed by atoms with Gasteiger partial charge in [0.05, 0.1) is 7.11 Å². The maximum absolute atomic E-state index is 12.7. The van der Waals surface area contributed by atoms with Gasteiger partial charge in [0.1, 0.15) is 10.7 Å². The molecule has 0 bridgehead atoms.